The largest absolute Gasteiger partial charge is 0.435 e. The molecule has 1 saturated heterocycles. The maximum Gasteiger partial charge on any atom is 0.435 e. The molecule has 2 unspecified atom stereocenters. The van der Waals surface area contributed by atoms with Crippen molar-refractivity contribution in [2.45, 2.75) is 37.3 Å². The second kappa shape index (κ2) is 8.83. The number of carbonyl (C=O) groups is 1. The number of nitrogens with zero attached hydrogens (tertiary/aromatic N) is 5. The van der Waals surface area contributed by atoms with Gasteiger partial charge < -0.3 is 15.8 Å². The smallest absolute Gasteiger partial charge is 0.369 e. The quantitative estimate of drug-likeness (QED) is 0.547. The zero-order valence-corrected chi connectivity index (χ0v) is 18.5. The lowest BCUT2D eigenvalue weighted by Gasteiger charge is -2.17. The van der Waals surface area contributed by atoms with Gasteiger partial charge in [0.15, 0.2) is 5.69 Å². The van der Waals surface area contributed by atoms with Crippen LogP contribution >= 0.6 is 11.3 Å². The third-order valence-electron chi connectivity index (χ3n) is 5.29. The summed E-state index contributed by atoms with van der Waals surface area (Å²) in [5, 5.41) is 11.7. The van der Waals surface area contributed by atoms with Crippen LogP contribution in [0.15, 0.2) is 17.8 Å². The number of amides is 1. The molecule has 0 aliphatic carbocycles. The van der Waals surface area contributed by atoms with Crippen LogP contribution in [0.3, 0.4) is 0 Å². The average Bonchev–Trinajstić information content (AvgIpc) is 3.44. The van der Waals surface area contributed by atoms with Crippen LogP contribution in [0.25, 0.3) is 10.6 Å². The number of aromatic nitrogens is 5. The van der Waals surface area contributed by atoms with Crippen LogP contribution in [0.1, 0.15) is 40.8 Å². The number of hydrogen-bond donors (Lipinski definition) is 2. The highest BCUT2D eigenvalue weighted by Crippen LogP contribution is 2.37. The van der Waals surface area contributed by atoms with Crippen molar-refractivity contribution in [2.75, 3.05) is 11.9 Å². The van der Waals surface area contributed by atoms with Gasteiger partial charge in [-0.25, -0.2) is 9.37 Å². The topological polar surface area (TPSA) is 113 Å². The minimum Gasteiger partial charge on any atom is -0.369 e. The molecule has 0 radical (unpaired) electrons. The molecule has 1 aliphatic rings. The molecule has 4 heterocycles. The van der Waals surface area contributed by atoms with Crippen molar-refractivity contribution in [2.24, 2.45) is 19.8 Å². The molecule has 0 bridgehead atoms. The fourth-order valence-electron chi connectivity index (χ4n) is 3.62. The van der Waals surface area contributed by atoms with E-state index in [1.165, 1.54) is 29.5 Å². The molecule has 4 rings (SSSR count). The summed E-state index contributed by atoms with van der Waals surface area (Å²) in [6, 6.07) is -0.635. The first-order valence-corrected chi connectivity index (χ1v) is 10.8. The van der Waals surface area contributed by atoms with Gasteiger partial charge in [0.1, 0.15) is 23.0 Å². The number of carbonyl (C=O) groups excluding carboxylic acids is 1. The van der Waals surface area contributed by atoms with Crippen LogP contribution < -0.4 is 11.1 Å². The van der Waals surface area contributed by atoms with Crippen molar-refractivity contribution in [3.8, 4) is 10.6 Å². The molecule has 9 nitrogen and oxygen atoms in total. The monoisotopic (exact) mass is 487 g/mol. The second-order valence-corrected chi connectivity index (χ2v) is 8.56. The van der Waals surface area contributed by atoms with Crippen LogP contribution in [0.2, 0.25) is 0 Å². The fourth-order valence-corrected chi connectivity index (χ4v) is 4.43. The number of halogens is 4. The van der Waals surface area contributed by atoms with Gasteiger partial charge in [-0.05, 0) is 12.8 Å². The van der Waals surface area contributed by atoms with Gasteiger partial charge in [0.25, 0.3) is 5.91 Å². The van der Waals surface area contributed by atoms with Gasteiger partial charge in [0, 0.05) is 31.7 Å². The molecule has 3 aromatic heterocycles. The normalized spacial score (nSPS) is 21.7. The van der Waals surface area contributed by atoms with Gasteiger partial charge in [0.2, 0.25) is 0 Å². The molecule has 0 saturated carbocycles. The van der Waals surface area contributed by atoms with Gasteiger partial charge in [-0.1, -0.05) is 0 Å². The molecule has 178 valence electrons. The van der Waals surface area contributed by atoms with Crippen molar-refractivity contribution in [1.82, 2.24) is 24.5 Å². The molecule has 3 atom stereocenters. The molecule has 1 fully saturated rings. The Labute approximate surface area is 189 Å². The van der Waals surface area contributed by atoms with Gasteiger partial charge >= 0.3 is 6.18 Å². The van der Waals surface area contributed by atoms with Gasteiger partial charge in [-0.3, -0.25) is 14.2 Å². The number of ether oxygens (including phenoxy) is 1. The molecule has 14 heteroatoms. The summed E-state index contributed by atoms with van der Waals surface area (Å²) in [6.45, 7) is -0.174. The lowest BCUT2D eigenvalue weighted by Crippen LogP contribution is -2.32. The van der Waals surface area contributed by atoms with Crippen LogP contribution in [0.5, 0.6) is 0 Å². The number of alkyl halides is 4. The summed E-state index contributed by atoms with van der Waals surface area (Å²) in [4.78, 5) is 16.9. The zero-order valence-electron chi connectivity index (χ0n) is 17.6. The number of aryl methyl sites for hydroxylation is 2. The lowest BCUT2D eigenvalue weighted by atomic mass is 10.0. The van der Waals surface area contributed by atoms with E-state index in [1.54, 1.807) is 7.05 Å². The highest BCUT2D eigenvalue weighted by Gasteiger charge is 2.38. The Morgan fingerprint density at radius 2 is 2.09 bits per heavy atom. The Morgan fingerprint density at radius 1 is 1.33 bits per heavy atom. The number of nitrogens with two attached hydrogens (primary N) is 1. The van der Waals surface area contributed by atoms with Crippen molar-refractivity contribution < 1.29 is 27.1 Å². The summed E-state index contributed by atoms with van der Waals surface area (Å²) in [5.41, 5.74) is 5.32. The molecule has 3 N–H and O–H groups in total. The van der Waals surface area contributed by atoms with Gasteiger partial charge in [0.05, 0.1) is 29.7 Å². The zero-order chi connectivity index (χ0) is 23.9. The SMILES string of the molecule is Cn1cc(-c2nc(C(=O)Nc3cnn(C)c3C3CCC(N)[C@@H](F)CO3)cs2)c(C(F)(F)F)n1. The standard InChI is InChI=1S/C19H21F4N7O2S/c1-29-6-9(16(28-29)19(21,22)23)18-27-13(8-33-18)17(31)26-12-5-25-30(2)15(12)14-4-3-11(24)10(20)7-32-14/h5-6,8,10-11,14H,3-4,7,24H2,1-2H3,(H,26,31)/t10-,11?,14?/m0/s1. The number of hydrogen-bond acceptors (Lipinski definition) is 7. The van der Waals surface area contributed by atoms with E-state index < -0.39 is 36.1 Å². The van der Waals surface area contributed by atoms with Crippen molar-refractivity contribution in [3.63, 3.8) is 0 Å². The predicted octanol–water partition coefficient (Wildman–Crippen LogP) is 3.07. The first kappa shape index (κ1) is 23.3. The van der Waals surface area contributed by atoms with E-state index in [4.69, 9.17) is 10.5 Å². The predicted molar refractivity (Wildman–Crippen MR) is 111 cm³/mol. The molecular formula is C19H21F4N7O2S. The summed E-state index contributed by atoms with van der Waals surface area (Å²) < 4.78 is 61.9. The third kappa shape index (κ3) is 4.77. The summed E-state index contributed by atoms with van der Waals surface area (Å²) in [7, 11) is 3.03. The van der Waals surface area contributed by atoms with E-state index in [1.807, 2.05) is 0 Å². The van der Waals surface area contributed by atoms with Crippen LogP contribution in [0.4, 0.5) is 23.2 Å². The maximum absolute atomic E-state index is 13.9. The summed E-state index contributed by atoms with van der Waals surface area (Å²) in [5.74, 6) is -0.627. The average molecular weight is 487 g/mol. The number of rotatable bonds is 4. The first-order valence-electron chi connectivity index (χ1n) is 9.95. The van der Waals surface area contributed by atoms with Crippen molar-refractivity contribution in [1.29, 1.82) is 0 Å². The van der Waals surface area contributed by atoms with E-state index in [-0.39, 0.29) is 22.9 Å². The van der Waals surface area contributed by atoms with Crippen molar-refractivity contribution >= 4 is 22.9 Å². The molecular weight excluding hydrogens is 466 g/mol. The molecule has 33 heavy (non-hydrogen) atoms. The number of thiazole rings is 1. The fraction of sp³-hybridized carbons (Fsp3) is 0.474. The minimum atomic E-state index is -4.66. The van der Waals surface area contributed by atoms with E-state index in [9.17, 15) is 22.4 Å². The van der Waals surface area contributed by atoms with E-state index in [0.717, 1.165) is 16.0 Å². The van der Waals surface area contributed by atoms with E-state index in [2.05, 4.69) is 20.5 Å². The molecule has 1 aliphatic heterocycles. The Hall–Kier alpha value is -2.84. The van der Waals surface area contributed by atoms with Crippen LogP contribution in [0, 0.1) is 0 Å². The molecule has 1 amide bonds. The molecule has 3 aromatic rings. The second-order valence-electron chi connectivity index (χ2n) is 7.70. The number of nitrogens with one attached hydrogen (secondary N) is 1. The highest BCUT2D eigenvalue weighted by atomic mass is 32.1. The first-order chi connectivity index (χ1) is 15.5. The van der Waals surface area contributed by atoms with Crippen molar-refractivity contribution in [3.05, 3.63) is 34.9 Å². The third-order valence-corrected chi connectivity index (χ3v) is 6.16. The maximum atomic E-state index is 13.9. The Balaban J connectivity index is 1.55. The summed E-state index contributed by atoms with van der Waals surface area (Å²) in [6.07, 6.45) is -3.02. The van der Waals surface area contributed by atoms with Crippen LogP contribution in [-0.2, 0) is 25.0 Å². The van der Waals surface area contributed by atoms with Crippen LogP contribution in [-0.4, -0.2) is 49.3 Å². The van der Waals surface area contributed by atoms with E-state index >= 15 is 0 Å². The Kier molecular flexibility index (Phi) is 6.24. The van der Waals surface area contributed by atoms with Gasteiger partial charge in [-0.2, -0.15) is 23.4 Å². The van der Waals surface area contributed by atoms with Gasteiger partial charge in [-0.15, -0.1) is 11.3 Å². The number of anilines is 1. The summed E-state index contributed by atoms with van der Waals surface area (Å²) >= 11 is 0.899. The molecule has 0 spiro atoms. The lowest BCUT2D eigenvalue weighted by molar-refractivity contribution is -0.140. The van der Waals surface area contributed by atoms with E-state index in [0.29, 0.717) is 24.2 Å². The Bertz CT molecular complexity index is 1140. The minimum absolute atomic E-state index is 0.0158. The Morgan fingerprint density at radius 3 is 2.82 bits per heavy atom. The molecule has 0 aromatic carbocycles. The highest BCUT2D eigenvalue weighted by molar-refractivity contribution is 7.13.